The van der Waals surface area contributed by atoms with E-state index in [1.54, 1.807) is 0 Å². The number of nitrogens with one attached hydrogen (secondary N) is 1. The molecule has 1 aromatic carbocycles. The largest absolute Gasteiger partial charge is 0.316 e. The van der Waals surface area contributed by atoms with E-state index in [0.29, 0.717) is 16.0 Å². The maximum atomic E-state index is 6.08. The van der Waals surface area contributed by atoms with Gasteiger partial charge in [-0.2, -0.15) is 0 Å². The Morgan fingerprint density at radius 2 is 1.89 bits per heavy atom. The molecule has 0 aliphatic rings. The first-order valence-corrected chi connectivity index (χ1v) is 7.76. The fourth-order valence-corrected chi connectivity index (χ4v) is 2.44. The van der Waals surface area contributed by atoms with Gasteiger partial charge in [0.05, 0.1) is 10.0 Å². The van der Waals surface area contributed by atoms with Gasteiger partial charge < -0.3 is 5.32 Å². The Bertz CT molecular complexity index is 404. The van der Waals surface area contributed by atoms with E-state index >= 15 is 0 Å². The van der Waals surface area contributed by atoms with Crippen molar-refractivity contribution in [2.45, 2.75) is 40.5 Å². The van der Waals surface area contributed by atoms with Crippen LogP contribution in [0.15, 0.2) is 18.2 Å². The van der Waals surface area contributed by atoms with E-state index < -0.39 is 0 Å². The summed E-state index contributed by atoms with van der Waals surface area (Å²) in [6.45, 7) is 11.1. The second-order valence-electron chi connectivity index (χ2n) is 6.11. The van der Waals surface area contributed by atoms with E-state index in [2.05, 4.69) is 39.1 Å². The van der Waals surface area contributed by atoms with Crippen LogP contribution in [0.5, 0.6) is 0 Å². The quantitative estimate of drug-likeness (QED) is 0.730. The van der Waals surface area contributed by atoms with Gasteiger partial charge in [0.2, 0.25) is 0 Å². The summed E-state index contributed by atoms with van der Waals surface area (Å²) in [5, 5.41) is 4.84. The van der Waals surface area contributed by atoms with Gasteiger partial charge >= 0.3 is 0 Å². The molecule has 1 unspecified atom stereocenters. The summed E-state index contributed by atoms with van der Waals surface area (Å²) in [5.74, 6) is 0.686. The van der Waals surface area contributed by atoms with Crippen molar-refractivity contribution in [1.29, 1.82) is 0 Å². The van der Waals surface area contributed by atoms with E-state index in [1.165, 1.54) is 5.56 Å². The van der Waals surface area contributed by atoms with Gasteiger partial charge in [-0.3, -0.25) is 0 Å². The van der Waals surface area contributed by atoms with E-state index in [0.717, 1.165) is 25.9 Å². The Hall–Kier alpha value is -0.240. The molecule has 0 aromatic heterocycles. The summed E-state index contributed by atoms with van der Waals surface area (Å²) in [5.41, 5.74) is 1.51. The highest BCUT2D eigenvalue weighted by molar-refractivity contribution is 6.42. The molecule has 108 valence electrons. The molecular formula is C16H25Cl2N. The molecule has 0 aliphatic carbocycles. The maximum Gasteiger partial charge on any atom is 0.0595 e. The predicted octanol–water partition coefficient (Wildman–Crippen LogP) is 5.20. The van der Waals surface area contributed by atoms with Gasteiger partial charge in [-0.1, -0.05) is 57.0 Å². The van der Waals surface area contributed by atoms with E-state index in [9.17, 15) is 0 Å². The van der Waals surface area contributed by atoms with E-state index in [-0.39, 0.29) is 5.41 Å². The molecule has 0 amide bonds. The molecule has 0 heterocycles. The number of benzene rings is 1. The molecule has 0 radical (unpaired) electrons. The minimum absolute atomic E-state index is 0.256. The summed E-state index contributed by atoms with van der Waals surface area (Å²) in [6, 6.07) is 5.95. The van der Waals surface area contributed by atoms with E-state index in [1.807, 2.05) is 12.1 Å². The van der Waals surface area contributed by atoms with Crippen molar-refractivity contribution in [1.82, 2.24) is 5.32 Å². The van der Waals surface area contributed by atoms with E-state index in [4.69, 9.17) is 23.2 Å². The Balaban J connectivity index is 2.65. The number of halogens is 2. The second kappa shape index (κ2) is 7.52. The van der Waals surface area contributed by atoms with Gasteiger partial charge in [0.1, 0.15) is 0 Å². The molecule has 0 saturated heterocycles. The van der Waals surface area contributed by atoms with Gasteiger partial charge in [-0.25, -0.2) is 0 Å². The van der Waals surface area contributed by atoms with Crippen LogP contribution in [0, 0.1) is 11.3 Å². The summed E-state index contributed by atoms with van der Waals surface area (Å²) < 4.78 is 0. The molecule has 1 aromatic rings. The van der Waals surface area contributed by atoms with Crippen LogP contribution in [0.4, 0.5) is 0 Å². The average molecular weight is 302 g/mol. The molecule has 19 heavy (non-hydrogen) atoms. The first-order chi connectivity index (χ1) is 8.86. The molecule has 1 rings (SSSR count). The highest BCUT2D eigenvalue weighted by Gasteiger charge is 2.22. The zero-order valence-electron chi connectivity index (χ0n) is 12.4. The lowest BCUT2D eigenvalue weighted by Gasteiger charge is -2.29. The SMILES string of the molecule is CCC(C)(CNCC(C)C)Cc1ccc(Cl)c(Cl)c1. The van der Waals surface area contributed by atoms with Gasteiger partial charge in [0, 0.05) is 6.54 Å². The lowest BCUT2D eigenvalue weighted by Crippen LogP contribution is -2.35. The lowest BCUT2D eigenvalue weighted by molar-refractivity contribution is 0.285. The molecule has 0 saturated carbocycles. The molecule has 0 spiro atoms. The first-order valence-electron chi connectivity index (χ1n) is 7.01. The Morgan fingerprint density at radius 1 is 1.21 bits per heavy atom. The van der Waals surface area contributed by atoms with Crippen LogP contribution in [0.2, 0.25) is 10.0 Å². The standard InChI is InChI=1S/C16H25Cl2N/c1-5-16(4,11-19-10-12(2)3)9-13-6-7-14(17)15(18)8-13/h6-8,12,19H,5,9-11H2,1-4H3. The molecule has 3 heteroatoms. The maximum absolute atomic E-state index is 6.08. The second-order valence-corrected chi connectivity index (χ2v) is 6.93. The Morgan fingerprint density at radius 3 is 2.42 bits per heavy atom. The van der Waals surface area contributed by atoms with Crippen LogP contribution in [-0.4, -0.2) is 13.1 Å². The van der Waals surface area contributed by atoms with Crippen LogP contribution in [0.1, 0.15) is 39.7 Å². The summed E-state index contributed by atoms with van der Waals surface area (Å²) in [6.07, 6.45) is 2.16. The molecule has 0 bridgehead atoms. The molecule has 1 atom stereocenters. The summed E-state index contributed by atoms with van der Waals surface area (Å²) in [7, 11) is 0. The highest BCUT2D eigenvalue weighted by atomic mass is 35.5. The van der Waals surface area contributed by atoms with Crippen molar-refractivity contribution in [2.75, 3.05) is 13.1 Å². The molecule has 0 aliphatic heterocycles. The first kappa shape index (κ1) is 16.8. The normalized spacial score (nSPS) is 14.7. The Labute approximate surface area is 127 Å². The topological polar surface area (TPSA) is 12.0 Å². The average Bonchev–Trinajstić information content (AvgIpc) is 2.33. The van der Waals surface area contributed by atoms with Crippen LogP contribution in [0.25, 0.3) is 0 Å². The van der Waals surface area contributed by atoms with Gasteiger partial charge in [-0.15, -0.1) is 0 Å². The predicted molar refractivity (Wildman–Crippen MR) is 86.3 cm³/mol. The van der Waals surface area contributed by atoms with Crippen molar-refractivity contribution < 1.29 is 0 Å². The van der Waals surface area contributed by atoms with Crippen LogP contribution in [-0.2, 0) is 6.42 Å². The summed E-state index contributed by atoms with van der Waals surface area (Å²) in [4.78, 5) is 0. The number of rotatable bonds is 7. The molecule has 1 nitrogen and oxygen atoms in total. The minimum Gasteiger partial charge on any atom is -0.316 e. The molecule has 0 fully saturated rings. The van der Waals surface area contributed by atoms with Gasteiger partial charge in [0.15, 0.2) is 0 Å². The van der Waals surface area contributed by atoms with Crippen molar-refractivity contribution in [3.8, 4) is 0 Å². The highest BCUT2D eigenvalue weighted by Crippen LogP contribution is 2.29. The van der Waals surface area contributed by atoms with Crippen molar-refractivity contribution in [3.63, 3.8) is 0 Å². The fourth-order valence-electron chi connectivity index (χ4n) is 2.12. The monoisotopic (exact) mass is 301 g/mol. The number of hydrogen-bond acceptors (Lipinski definition) is 1. The molecular weight excluding hydrogens is 277 g/mol. The van der Waals surface area contributed by atoms with Gasteiger partial charge in [0.25, 0.3) is 0 Å². The smallest absolute Gasteiger partial charge is 0.0595 e. The Kier molecular flexibility index (Phi) is 6.65. The van der Waals surface area contributed by atoms with Crippen molar-refractivity contribution in [3.05, 3.63) is 33.8 Å². The van der Waals surface area contributed by atoms with Crippen LogP contribution >= 0.6 is 23.2 Å². The lowest BCUT2D eigenvalue weighted by atomic mass is 9.81. The third-order valence-electron chi connectivity index (χ3n) is 3.57. The van der Waals surface area contributed by atoms with Gasteiger partial charge in [-0.05, 0) is 48.4 Å². The van der Waals surface area contributed by atoms with Crippen molar-refractivity contribution in [2.24, 2.45) is 11.3 Å². The third kappa shape index (κ3) is 5.72. The van der Waals surface area contributed by atoms with Crippen LogP contribution in [0.3, 0.4) is 0 Å². The van der Waals surface area contributed by atoms with Crippen LogP contribution < -0.4 is 5.32 Å². The zero-order valence-corrected chi connectivity index (χ0v) is 13.9. The zero-order chi connectivity index (χ0) is 14.5. The third-order valence-corrected chi connectivity index (χ3v) is 4.31. The molecule has 1 N–H and O–H groups in total. The fraction of sp³-hybridized carbons (Fsp3) is 0.625. The number of hydrogen-bond donors (Lipinski definition) is 1. The van der Waals surface area contributed by atoms with Crippen molar-refractivity contribution >= 4 is 23.2 Å². The minimum atomic E-state index is 0.256. The summed E-state index contributed by atoms with van der Waals surface area (Å²) >= 11 is 12.0.